The van der Waals surface area contributed by atoms with Gasteiger partial charge in [-0.25, -0.2) is 4.98 Å². The summed E-state index contributed by atoms with van der Waals surface area (Å²) in [5, 5.41) is 2.53. The lowest BCUT2D eigenvalue weighted by Gasteiger charge is -2.30. The summed E-state index contributed by atoms with van der Waals surface area (Å²) in [6.45, 7) is 10.2. The zero-order valence-corrected chi connectivity index (χ0v) is 28.5. The van der Waals surface area contributed by atoms with E-state index in [1.165, 1.54) is 31.9 Å². The van der Waals surface area contributed by atoms with Crippen molar-refractivity contribution >= 4 is 51.7 Å². The van der Waals surface area contributed by atoms with Crippen LogP contribution in [0, 0.1) is 32.3 Å². The zero-order valence-electron chi connectivity index (χ0n) is 27.7. The molecule has 14 heteroatoms. The Hall–Kier alpha value is -4.35. The van der Waals surface area contributed by atoms with Crippen molar-refractivity contribution in [1.82, 2.24) is 19.5 Å². The van der Waals surface area contributed by atoms with Crippen molar-refractivity contribution in [2.45, 2.75) is 84.8 Å². The fourth-order valence-corrected chi connectivity index (χ4v) is 5.82. The van der Waals surface area contributed by atoms with Gasteiger partial charge in [-0.05, 0) is 37.5 Å². The van der Waals surface area contributed by atoms with Crippen LogP contribution in [-0.2, 0) is 40.6 Å². The largest absolute Gasteiger partial charge is 0.461 e. The molecule has 12 nitrogen and oxygen atoms in total. The van der Waals surface area contributed by atoms with Crippen molar-refractivity contribution in [3.05, 3.63) is 41.2 Å². The Morgan fingerprint density at radius 3 is 2.51 bits per heavy atom. The molecule has 2 aromatic heterocycles. The second kappa shape index (κ2) is 16.0. The summed E-state index contributed by atoms with van der Waals surface area (Å²) < 4.78 is 32.7. The molecule has 1 aromatic carbocycles. The number of fused-ring (bicyclic) bond motifs is 1. The van der Waals surface area contributed by atoms with Gasteiger partial charge in [-0.2, -0.15) is 14.4 Å². The summed E-state index contributed by atoms with van der Waals surface area (Å²) in [6, 6.07) is 3.71. The number of aryl methyl sites for hydroxylation is 3. The van der Waals surface area contributed by atoms with Gasteiger partial charge < -0.3 is 24.1 Å². The lowest BCUT2D eigenvalue weighted by molar-refractivity contribution is -0.151. The summed E-state index contributed by atoms with van der Waals surface area (Å²) in [5.41, 5.74) is 0.706. The molecule has 1 N–H and O–H groups in total. The molecule has 3 aromatic rings. The van der Waals surface area contributed by atoms with E-state index in [2.05, 4.69) is 26.2 Å². The second-order valence-corrected chi connectivity index (χ2v) is 13.1. The van der Waals surface area contributed by atoms with Gasteiger partial charge in [0.25, 0.3) is 0 Å². The monoisotopic (exact) mass is 669 g/mol. The van der Waals surface area contributed by atoms with Crippen molar-refractivity contribution < 1.29 is 37.8 Å². The molecule has 2 heterocycles. The van der Waals surface area contributed by atoms with Crippen LogP contribution in [0.25, 0.3) is 11.2 Å². The van der Waals surface area contributed by atoms with Crippen LogP contribution in [0.5, 0.6) is 5.75 Å². The molecule has 252 valence electrons. The number of hydrogen-bond donors (Lipinski definition) is 1. The minimum Gasteiger partial charge on any atom is -0.461 e. The molecule has 0 aliphatic heterocycles. The van der Waals surface area contributed by atoms with E-state index in [0.717, 1.165) is 22.9 Å². The fraction of sp³-hybridized carbons (Fsp3) is 0.485. The Morgan fingerprint density at radius 1 is 1.15 bits per heavy atom. The lowest BCUT2D eigenvalue weighted by atomic mass is 9.78. The summed E-state index contributed by atoms with van der Waals surface area (Å²) in [7, 11) is 1.40. The van der Waals surface area contributed by atoms with Crippen LogP contribution in [0.4, 0.5) is 10.2 Å². The molecule has 1 atom stereocenters. The minimum atomic E-state index is -1.33. The first-order valence-corrected chi connectivity index (χ1v) is 15.9. The number of nitrogens with one attached hydrogen (secondary N) is 1. The molecule has 0 bridgehead atoms. The van der Waals surface area contributed by atoms with Gasteiger partial charge in [-0.1, -0.05) is 37.6 Å². The molecule has 0 saturated heterocycles. The SMILES string of the molecule is C#CC(CCn1cnc2c(NC(=O)CCCSC(C)=O)nc(F)nc21)(COC(=O)CC(C)(C)c1c(C)cc(C)cc1OC(C)=O)OC. The van der Waals surface area contributed by atoms with Gasteiger partial charge in [0.1, 0.15) is 12.4 Å². The number of terminal acetylenes is 1. The van der Waals surface area contributed by atoms with Gasteiger partial charge in [-0.15, -0.1) is 6.42 Å². The molecule has 3 rings (SSSR count). The van der Waals surface area contributed by atoms with Gasteiger partial charge in [0.15, 0.2) is 27.7 Å². The van der Waals surface area contributed by atoms with E-state index in [4.69, 9.17) is 20.6 Å². The number of esters is 2. The van der Waals surface area contributed by atoms with Crippen LogP contribution in [0.2, 0.25) is 0 Å². The number of benzene rings is 1. The van der Waals surface area contributed by atoms with E-state index < -0.39 is 34.9 Å². The van der Waals surface area contributed by atoms with E-state index in [1.807, 2.05) is 33.8 Å². The van der Waals surface area contributed by atoms with Gasteiger partial charge in [0.05, 0.1) is 12.7 Å². The standard InChI is InChI=1S/C33H40FN5O7S/c1-9-33(44-8,18-45-26(43)17-32(6,7)27-21(3)15-20(2)16-24(27)46-22(4)40)12-13-39-19-35-28-29(37-31(34)38-30(28)39)36-25(42)11-10-14-47-23(5)41/h1,15-16,19H,10-14,17-18H2,2-8H3,(H,36,37,38,42). The van der Waals surface area contributed by atoms with Crippen LogP contribution >= 0.6 is 11.8 Å². The molecule has 47 heavy (non-hydrogen) atoms. The first-order chi connectivity index (χ1) is 22.1. The third-order valence-corrected chi connectivity index (χ3v) is 8.28. The highest BCUT2D eigenvalue weighted by Gasteiger charge is 2.34. The van der Waals surface area contributed by atoms with Crippen LogP contribution in [0.3, 0.4) is 0 Å². The number of nitrogens with zero attached hydrogens (tertiary/aromatic N) is 4. The number of carbonyl (C=O) groups excluding carboxylic acids is 4. The smallest absolute Gasteiger partial charge is 0.312 e. The number of thioether (sulfide) groups is 1. The van der Waals surface area contributed by atoms with E-state index in [9.17, 15) is 23.6 Å². The van der Waals surface area contributed by atoms with Crippen molar-refractivity contribution in [2.24, 2.45) is 0 Å². The maximum absolute atomic E-state index is 14.4. The molecule has 1 amide bonds. The molecular weight excluding hydrogens is 629 g/mol. The number of anilines is 1. The molecule has 0 spiro atoms. The average molecular weight is 670 g/mol. The Kier molecular flexibility index (Phi) is 12.6. The molecule has 0 saturated carbocycles. The Morgan fingerprint density at radius 2 is 1.87 bits per heavy atom. The summed E-state index contributed by atoms with van der Waals surface area (Å²) >= 11 is 1.12. The normalized spacial score (nSPS) is 12.7. The third-order valence-electron chi connectivity index (χ3n) is 7.38. The van der Waals surface area contributed by atoms with Gasteiger partial charge in [0.2, 0.25) is 5.91 Å². The molecule has 0 radical (unpaired) electrons. The quantitative estimate of drug-likeness (QED) is 0.0779. The first-order valence-electron chi connectivity index (χ1n) is 14.9. The number of methoxy groups -OCH3 is 1. The van der Waals surface area contributed by atoms with Gasteiger partial charge >= 0.3 is 18.0 Å². The van der Waals surface area contributed by atoms with Gasteiger partial charge in [-0.3, -0.25) is 19.2 Å². The van der Waals surface area contributed by atoms with Crippen LogP contribution in [0.1, 0.15) is 70.1 Å². The number of halogens is 1. The summed E-state index contributed by atoms with van der Waals surface area (Å²) in [6.07, 6.45) is 6.86. The molecule has 0 fully saturated rings. The summed E-state index contributed by atoms with van der Waals surface area (Å²) in [4.78, 5) is 60.2. The maximum atomic E-state index is 14.4. The Labute approximate surface area is 277 Å². The fourth-order valence-electron chi connectivity index (χ4n) is 5.25. The first kappa shape index (κ1) is 37.1. The number of imidazole rings is 1. The molecule has 0 aliphatic carbocycles. The Balaban J connectivity index is 1.70. The third kappa shape index (κ3) is 10.1. The van der Waals surface area contributed by atoms with E-state index in [-0.39, 0.29) is 54.5 Å². The number of carbonyl (C=O) groups is 4. The highest BCUT2D eigenvalue weighted by Crippen LogP contribution is 2.38. The summed E-state index contributed by atoms with van der Waals surface area (Å²) in [5.74, 6) is 1.96. The van der Waals surface area contributed by atoms with Crippen molar-refractivity contribution in [3.63, 3.8) is 0 Å². The topological polar surface area (TPSA) is 152 Å². The number of amides is 1. The van der Waals surface area contributed by atoms with Crippen molar-refractivity contribution in [3.8, 4) is 18.1 Å². The zero-order chi connectivity index (χ0) is 34.9. The number of hydrogen-bond acceptors (Lipinski definition) is 11. The van der Waals surface area contributed by atoms with Crippen molar-refractivity contribution in [1.29, 1.82) is 0 Å². The predicted molar refractivity (Wildman–Crippen MR) is 175 cm³/mol. The van der Waals surface area contributed by atoms with Crippen LogP contribution in [-0.4, -0.2) is 67.6 Å². The lowest BCUT2D eigenvalue weighted by Crippen LogP contribution is -2.38. The van der Waals surface area contributed by atoms with Crippen LogP contribution in [0.15, 0.2) is 18.5 Å². The second-order valence-electron chi connectivity index (χ2n) is 11.8. The number of rotatable bonds is 15. The highest BCUT2D eigenvalue weighted by molar-refractivity contribution is 8.13. The van der Waals surface area contributed by atoms with E-state index in [0.29, 0.717) is 23.5 Å². The molecular formula is C33H40FN5O7S. The molecule has 0 aliphatic rings. The predicted octanol–water partition coefficient (Wildman–Crippen LogP) is 4.83. The van der Waals surface area contributed by atoms with Crippen molar-refractivity contribution in [2.75, 3.05) is 24.8 Å². The number of ether oxygens (including phenoxy) is 3. The van der Waals surface area contributed by atoms with Gasteiger partial charge in [0, 0.05) is 57.1 Å². The average Bonchev–Trinajstić information content (AvgIpc) is 3.37. The van der Waals surface area contributed by atoms with Crippen LogP contribution < -0.4 is 10.1 Å². The maximum Gasteiger partial charge on any atom is 0.312 e. The Bertz CT molecular complexity index is 1700. The molecule has 1 unspecified atom stereocenters. The number of aromatic nitrogens is 4. The minimum absolute atomic E-state index is 0.0377. The van der Waals surface area contributed by atoms with E-state index >= 15 is 0 Å². The highest BCUT2D eigenvalue weighted by atomic mass is 32.2. The van der Waals surface area contributed by atoms with E-state index in [1.54, 1.807) is 6.07 Å².